The fraction of sp³-hybridized carbons (Fsp3) is 0. The van der Waals surface area contributed by atoms with Crippen molar-refractivity contribution >= 4 is 27.8 Å². The van der Waals surface area contributed by atoms with Gasteiger partial charge < -0.3 is 10.0 Å². The van der Waals surface area contributed by atoms with Crippen LogP contribution in [-0.4, -0.2) is 5.11 Å². The van der Waals surface area contributed by atoms with Crippen molar-refractivity contribution in [3.8, 4) is 16.9 Å². The molecule has 5 aromatic carbocycles. The normalized spacial score (nSPS) is 10.8. The summed E-state index contributed by atoms with van der Waals surface area (Å²) in [6.45, 7) is 0. The van der Waals surface area contributed by atoms with Gasteiger partial charge in [-0.2, -0.15) is 0 Å². The average molecular weight is 387 g/mol. The first-order chi connectivity index (χ1) is 14.8. The molecular formula is C28H21NO. The van der Waals surface area contributed by atoms with Crippen molar-refractivity contribution < 1.29 is 5.11 Å². The van der Waals surface area contributed by atoms with Crippen molar-refractivity contribution in [1.82, 2.24) is 0 Å². The number of para-hydroxylation sites is 3. The third-order valence-corrected chi connectivity index (χ3v) is 5.36. The summed E-state index contributed by atoms with van der Waals surface area (Å²) in [5.41, 5.74) is 5.03. The molecule has 0 fully saturated rings. The van der Waals surface area contributed by atoms with Crippen LogP contribution in [0.3, 0.4) is 0 Å². The van der Waals surface area contributed by atoms with Gasteiger partial charge in [0.15, 0.2) is 0 Å². The van der Waals surface area contributed by atoms with Crippen LogP contribution in [0.1, 0.15) is 0 Å². The Balaban J connectivity index is 1.83. The number of phenolic OH excluding ortho intramolecular Hbond substituents is 1. The molecule has 0 aliphatic rings. The Labute approximate surface area is 176 Å². The molecule has 0 aromatic heterocycles. The fourth-order valence-corrected chi connectivity index (χ4v) is 3.98. The molecule has 1 N–H and O–H groups in total. The van der Waals surface area contributed by atoms with Gasteiger partial charge in [0.05, 0.1) is 17.1 Å². The number of anilines is 3. The molecule has 5 rings (SSSR count). The Morgan fingerprint density at radius 1 is 0.467 bits per heavy atom. The smallest absolute Gasteiger partial charge is 0.139 e. The number of aromatic hydroxyl groups is 1. The molecular weight excluding hydrogens is 366 g/mol. The second-order valence-electron chi connectivity index (χ2n) is 7.21. The molecule has 2 heteroatoms. The van der Waals surface area contributed by atoms with Crippen LogP contribution >= 0.6 is 0 Å². The standard InChI is InChI=1S/C28H21NO/c30-28-20-9-8-18-27(28)29(26-19-10-14-22-13-4-5-15-24(22)26)25-17-7-6-16-23(25)21-11-2-1-3-12-21/h1-20,30H. The quantitative estimate of drug-likeness (QED) is 0.342. The summed E-state index contributed by atoms with van der Waals surface area (Å²) in [5.74, 6) is 0.244. The van der Waals surface area contributed by atoms with Gasteiger partial charge in [-0.1, -0.05) is 97.1 Å². The Hall–Kier alpha value is -4.04. The zero-order valence-corrected chi connectivity index (χ0v) is 16.4. The minimum Gasteiger partial charge on any atom is -0.506 e. The summed E-state index contributed by atoms with van der Waals surface area (Å²) >= 11 is 0. The van der Waals surface area contributed by atoms with Gasteiger partial charge in [-0.05, 0) is 35.2 Å². The number of hydrogen-bond acceptors (Lipinski definition) is 2. The van der Waals surface area contributed by atoms with E-state index in [0.29, 0.717) is 0 Å². The van der Waals surface area contributed by atoms with Gasteiger partial charge in [-0.25, -0.2) is 0 Å². The van der Waals surface area contributed by atoms with Crippen molar-refractivity contribution in [1.29, 1.82) is 0 Å². The number of fused-ring (bicyclic) bond motifs is 1. The molecule has 5 aromatic rings. The van der Waals surface area contributed by atoms with Crippen molar-refractivity contribution in [2.45, 2.75) is 0 Å². The maximum absolute atomic E-state index is 10.8. The highest BCUT2D eigenvalue weighted by Gasteiger charge is 2.20. The molecule has 0 spiro atoms. The maximum atomic E-state index is 10.8. The SMILES string of the molecule is Oc1ccccc1N(c1ccccc1-c1ccccc1)c1cccc2ccccc12. The number of hydrogen-bond donors (Lipinski definition) is 1. The predicted molar refractivity (Wildman–Crippen MR) is 126 cm³/mol. The van der Waals surface area contributed by atoms with Gasteiger partial charge in [0.1, 0.15) is 5.75 Å². The van der Waals surface area contributed by atoms with E-state index in [1.54, 1.807) is 6.07 Å². The summed E-state index contributed by atoms with van der Waals surface area (Å²) in [6, 6.07) is 40.8. The van der Waals surface area contributed by atoms with E-state index in [0.717, 1.165) is 39.0 Å². The van der Waals surface area contributed by atoms with Crippen LogP contribution in [0.5, 0.6) is 5.75 Å². The Kier molecular flexibility index (Phi) is 4.66. The molecule has 0 amide bonds. The Morgan fingerprint density at radius 2 is 1.07 bits per heavy atom. The first-order valence-electron chi connectivity index (χ1n) is 10.0. The third-order valence-electron chi connectivity index (χ3n) is 5.36. The molecule has 0 unspecified atom stereocenters. The van der Waals surface area contributed by atoms with Crippen molar-refractivity contribution in [2.75, 3.05) is 4.90 Å². The predicted octanol–water partition coefficient (Wildman–Crippen LogP) is 7.68. The van der Waals surface area contributed by atoms with Crippen LogP contribution in [0.2, 0.25) is 0 Å². The first-order valence-corrected chi connectivity index (χ1v) is 10.0. The zero-order chi connectivity index (χ0) is 20.3. The molecule has 0 bridgehead atoms. The minimum absolute atomic E-state index is 0.244. The molecule has 2 nitrogen and oxygen atoms in total. The van der Waals surface area contributed by atoms with Crippen LogP contribution in [0.25, 0.3) is 21.9 Å². The molecule has 0 saturated heterocycles. The average Bonchev–Trinajstić information content (AvgIpc) is 2.81. The molecule has 0 atom stereocenters. The number of nitrogens with zero attached hydrogens (tertiary/aromatic N) is 1. The van der Waals surface area contributed by atoms with Crippen LogP contribution in [0.4, 0.5) is 17.1 Å². The number of rotatable bonds is 4. The zero-order valence-electron chi connectivity index (χ0n) is 16.4. The summed E-state index contributed by atoms with van der Waals surface area (Å²) in [6.07, 6.45) is 0. The van der Waals surface area contributed by atoms with Gasteiger partial charge in [-0.3, -0.25) is 0 Å². The summed E-state index contributed by atoms with van der Waals surface area (Å²) < 4.78 is 0. The van der Waals surface area contributed by atoms with Crippen molar-refractivity contribution in [3.63, 3.8) is 0 Å². The number of benzene rings is 5. The van der Waals surface area contributed by atoms with E-state index >= 15 is 0 Å². The van der Waals surface area contributed by atoms with E-state index in [1.807, 2.05) is 48.5 Å². The lowest BCUT2D eigenvalue weighted by Crippen LogP contribution is -2.12. The van der Waals surface area contributed by atoms with Crippen LogP contribution in [0.15, 0.2) is 121 Å². The highest BCUT2D eigenvalue weighted by Crippen LogP contribution is 2.45. The van der Waals surface area contributed by atoms with Crippen molar-refractivity contribution in [2.24, 2.45) is 0 Å². The highest BCUT2D eigenvalue weighted by molar-refractivity contribution is 6.01. The van der Waals surface area contributed by atoms with E-state index in [4.69, 9.17) is 0 Å². The molecule has 0 aliphatic heterocycles. The second kappa shape index (κ2) is 7.76. The monoisotopic (exact) mass is 387 g/mol. The molecule has 30 heavy (non-hydrogen) atoms. The maximum Gasteiger partial charge on any atom is 0.139 e. The van der Waals surface area contributed by atoms with Gasteiger partial charge in [0.2, 0.25) is 0 Å². The lowest BCUT2D eigenvalue weighted by Gasteiger charge is -2.29. The van der Waals surface area contributed by atoms with Crippen molar-refractivity contribution in [3.05, 3.63) is 121 Å². The summed E-state index contributed by atoms with van der Waals surface area (Å²) in [7, 11) is 0. The van der Waals surface area contributed by atoms with Gasteiger partial charge in [-0.15, -0.1) is 0 Å². The lowest BCUT2D eigenvalue weighted by atomic mass is 10.0. The minimum atomic E-state index is 0.244. The van der Waals surface area contributed by atoms with Gasteiger partial charge in [0, 0.05) is 10.9 Å². The summed E-state index contributed by atoms with van der Waals surface area (Å²) in [4.78, 5) is 2.15. The summed E-state index contributed by atoms with van der Waals surface area (Å²) in [5, 5.41) is 13.1. The molecule has 0 heterocycles. The van der Waals surface area contributed by atoms with Gasteiger partial charge >= 0.3 is 0 Å². The molecule has 0 saturated carbocycles. The second-order valence-corrected chi connectivity index (χ2v) is 7.21. The first kappa shape index (κ1) is 18.0. The molecule has 0 aliphatic carbocycles. The van der Waals surface area contributed by atoms with Crippen LogP contribution in [-0.2, 0) is 0 Å². The van der Waals surface area contributed by atoms with E-state index in [9.17, 15) is 5.11 Å². The fourth-order valence-electron chi connectivity index (χ4n) is 3.98. The largest absolute Gasteiger partial charge is 0.506 e. The lowest BCUT2D eigenvalue weighted by molar-refractivity contribution is 0.476. The third kappa shape index (κ3) is 3.19. The van der Waals surface area contributed by atoms with Crippen LogP contribution < -0.4 is 4.90 Å². The van der Waals surface area contributed by atoms with E-state index < -0.39 is 0 Å². The van der Waals surface area contributed by atoms with Gasteiger partial charge in [0.25, 0.3) is 0 Å². The molecule has 0 radical (unpaired) electrons. The van der Waals surface area contributed by atoms with E-state index in [1.165, 1.54) is 0 Å². The van der Waals surface area contributed by atoms with E-state index in [-0.39, 0.29) is 5.75 Å². The Bertz CT molecular complexity index is 1310. The van der Waals surface area contributed by atoms with Crippen LogP contribution in [0, 0.1) is 0 Å². The molecule has 144 valence electrons. The topological polar surface area (TPSA) is 23.5 Å². The van der Waals surface area contributed by atoms with E-state index in [2.05, 4.69) is 71.6 Å². The highest BCUT2D eigenvalue weighted by atomic mass is 16.3. The number of phenols is 1. The Morgan fingerprint density at radius 3 is 1.90 bits per heavy atom.